The van der Waals surface area contributed by atoms with E-state index in [2.05, 4.69) is 98.8 Å². The van der Waals surface area contributed by atoms with Crippen molar-refractivity contribution in [2.45, 2.75) is 19.3 Å². The largest absolute Gasteiger partial charge is 0.0622 e. The lowest BCUT2D eigenvalue weighted by molar-refractivity contribution is 0.638. The van der Waals surface area contributed by atoms with E-state index >= 15 is 0 Å². The second-order valence-corrected chi connectivity index (χ2v) is 6.24. The molecule has 0 saturated carbocycles. The number of benzene rings is 3. The molecule has 3 rings (SSSR count). The minimum Gasteiger partial charge on any atom is -0.0622 e. The minimum atomic E-state index is -0.0844. The van der Waals surface area contributed by atoms with Crippen LogP contribution in [-0.2, 0) is 5.41 Å². The third-order valence-corrected chi connectivity index (χ3v) is 4.26. The van der Waals surface area contributed by atoms with E-state index in [4.69, 9.17) is 0 Å². The Bertz CT molecular complexity index is 781. The smallest absolute Gasteiger partial charge is 0.0158 e. The second-order valence-electron chi connectivity index (χ2n) is 6.24. The van der Waals surface area contributed by atoms with E-state index in [1.807, 2.05) is 12.1 Å². The van der Waals surface area contributed by atoms with Crippen LogP contribution in [0.15, 0.2) is 78.9 Å². The topological polar surface area (TPSA) is 0 Å². The van der Waals surface area contributed by atoms with E-state index in [0.717, 1.165) is 0 Å². The normalized spacial score (nSPS) is 11.7. The summed E-state index contributed by atoms with van der Waals surface area (Å²) in [6.07, 6.45) is 4.35. The second kappa shape index (κ2) is 6.66. The number of hydrogen-bond acceptors (Lipinski definition) is 0. The Morgan fingerprint density at radius 2 is 1.39 bits per heavy atom. The standard InChI is InChI=1S/C23H21/c1-23(2,21-14-7-4-8-15-21)22-16-10-9-13-20(22)18-17-19-11-5-3-6-12-19/h3-15,17-18H,1-2H3. The van der Waals surface area contributed by atoms with Crippen molar-refractivity contribution in [2.75, 3.05) is 0 Å². The molecule has 0 spiro atoms. The zero-order valence-corrected chi connectivity index (χ0v) is 13.7. The number of hydrogen-bond donors (Lipinski definition) is 0. The summed E-state index contributed by atoms with van der Waals surface area (Å²) < 4.78 is 0. The van der Waals surface area contributed by atoms with Gasteiger partial charge in [-0.2, -0.15) is 0 Å². The molecule has 0 amide bonds. The third kappa shape index (κ3) is 3.43. The molecule has 0 aromatic heterocycles. The molecule has 0 fully saturated rings. The van der Waals surface area contributed by atoms with Crippen LogP contribution in [-0.4, -0.2) is 0 Å². The molecule has 0 atom stereocenters. The molecule has 3 aromatic rings. The van der Waals surface area contributed by atoms with E-state index in [-0.39, 0.29) is 5.41 Å². The Hall–Kier alpha value is -2.60. The first kappa shape index (κ1) is 15.3. The first-order chi connectivity index (χ1) is 11.2. The summed E-state index contributed by atoms with van der Waals surface area (Å²) in [4.78, 5) is 0. The Labute approximate surface area is 139 Å². The van der Waals surface area contributed by atoms with Gasteiger partial charge in [0.15, 0.2) is 0 Å². The Morgan fingerprint density at radius 1 is 0.739 bits per heavy atom. The van der Waals surface area contributed by atoms with Gasteiger partial charge in [0.05, 0.1) is 0 Å². The molecular formula is C23H21. The van der Waals surface area contributed by atoms with Gasteiger partial charge in [-0.3, -0.25) is 0 Å². The first-order valence-corrected chi connectivity index (χ1v) is 7.98. The highest BCUT2D eigenvalue weighted by molar-refractivity contribution is 5.72. The van der Waals surface area contributed by atoms with Crippen molar-refractivity contribution in [3.8, 4) is 0 Å². The number of rotatable bonds is 4. The lowest BCUT2D eigenvalue weighted by Crippen LogP contribution is -2.20. The van der Waals surface area contributed by atoms with E-state index in [1.165, 1.54) is 22.3 Å². The van der Waals surface area contributed by atoms with Crippen molar-refractivity contribution >= 4 is 12.2 Å². The van der Waals surface area contributed by atoms with Gasteiger partial charge in [0, 0.05) is 5.41 Å². The van der Waals surface area contributed by atoms with Crippen molar-refractivity contribution < 1.29 is 0 Å². The molecule has 0 aliphatic heterocycles. The summed E-state index contributed by atoms with van der Waals surface area (Å²) in [6.45, 7) is 4.52. The van der Waals surface area contributed by atoms with Gasteiger partial charge in [-0.1, -0.05) is 105 Å². The molecule has 0 heterocycles. The van der Waals surface area contributed by atoms with Crippen LogP contribution in [0.25, 0.3) is 12.2 Å². The predicted molar refractivity (Wildman–Crippen MR) is 99.2 cm³/mol. The highest BCUT2D eigenvalue weighted by Crippen LogP contribution is 2.33. The molecule has 0 bridgehead atoms. The average molecular weight is 297 g/mol. The molecule has 0 unspecified atom stereocenters. The lowest BCUT2D eigenvalue weighted by atomic mass is 9.76. The van der Waals surface area contributed by atoms with Gasteiger partial charge < -0.3 is 0 Å². The summed E-state index contributed by atoms with van der Waals surface area (Å²) in [5.74, 6) is 0. The Morgan fingerprint density at radius 3 is 2.09 bits per heavy atom. The maximum absolute atomic E-state index is 3.46. The SMILES string of the molecule is CC(C)(c1ccccc1)c1[c]cccc1C=Cc1ccccc1. The van der Waals surface area contributed by atoms with Gasteiger partial charge in [-0.25, -0.2) is 0 Å². The molecule has 3 aromatic carbocycles. The van der Waals surface area contributed by atoms with Crippen molar-refractivity contribution in [2.24, 2.45) is 0 Å². The van der Waals surface area contributed by atoms with Crippen molar-refractivity contribution in [3.05, 3.63) is 107 Å². The summed E-state index contributed by atoms with van der Waals surface area (Å²) in [6, 6.07) is 30.7. The van der Waals surface area contributed by atoms with Crippen LogP contribution in [0, 0.1) is 6.07 Å². The molecule has 0 aliphatic rings. The van der Waals surface area contributed by atoms with Gasteiger partial charge in [0.25, 0.3) is 0 Å². The molecule has 0 N–H and O–H groups in total. The Kier molecular flexibility index (Phi) is 4.43. The minimum absolute atomic E-state index is 0.0844. The van der Waals surface area contributed by atoms with Gasteiger partial charge >= 0.3 is 0 Å². The maximum atomic E-state index is 3.46. The highest BCUT2D eigenvalue weighted by Gasteiger charge is 2.24. The average Bonchev–Trinajstić information content (AvgIpc) is 2.62. The van der Waals surface area contributed by atoms with Crippen LogP contribution < -0.4 is 0 Å². The monoisotopic (exact) mass is 297 g/mol. The van der Waals surface area contributed by atoms with E-state index in [1.54, 1.807) is 0 Å². The van der Waals surface area contributed by atoms with E-state index < -0.39 is 0 Å². The molecule has 0 heteroatoms. The van der Waals surface area contributed by atoms with Gasteiger partial charge in [-0.15, -0.1) is 0 Å². The third-order valence-electron chi connectivity index (χ3n) is 4.26. The molecule has 23 heavy (non-hydrogen) atoms. The highest BCUT2D eigenvalue weighted by atomic mass is 14.3. The lowest BCUT2D eigenvalue weighted by Gasteiger charge is -2.27. The zero-order chi connectivity index (χ0) is 16.1. The quantitative estimate of drug-likeness (QED) is 0.519. The van der Waals surface area contributed by atoms with Crippen LogP contribution in [0.3, 0.4) is 0 Å². The fraction of sp³-hybridized carbons (Fsp3) is 0.130. The van der Waals surface area contributed by atoms with Gasteiger partial charge in [0.1, 0.15) is 0 Å². The van der Waals surface area contributed by atoms with Crippen molar-refractivity contribution in [1.82, 2.24) is 0 Å². The van der Waals surface area contributed by atoms with Crippen LogP contribution in [0.2, 0.25) is 0 Å². The van der Waals surface area contributed by atoms with Crippen molar-refractivity contribution in [1.29, 1.82) is 0 Å². The van der Waals surface area contributed by atoms with Crippen LogP contribution >= 0.6 is 0 Å². The molecule has 113 valence electrons. The molecule has 1 radical (unpaired) electrons. The van der Waals surface area contributed by atoms with Gasteiger partial charge in [0.2, 0.25) is 0 Å². The summed E-state index contributed by atoms with van der Waals surface area (Å²) >= 11 is 0. The van der Waals surface area contributed by atoms with E-state index in [0.29, 0.717) is 0 Å². The zero-order valence-electron chi connectivity index (χ0n) is 13.7. The molecule has 0 nitrogen and oxygen atoms in total. The van der Waals surface area contributed by atoms with Crippen molar-refractivity contribution in [3.63, 3.8) is 0 Å². The Balaban J connectivity index is 2.00. The molecule has 0 aliphatic carbocycles. The summed E-state index contributed by atoms with van der Waals surface area (Å²) in [5, 5.41) is 0. The van der Waals surface area contributed by atoms with Gasteiger partial charge in [-0.05, 0) is 28.3 Å². The fourth-order valence-electron chi connectivity index (χ4n) is 2.88. The summed E-state index contributed by atoms with van der Waals surface area (Å²) in [7, 11) is 0. The van der Waals surface area contributed by atoms with E-state index in [9.17, 15) is 0 Å². The predicted octanol–water partition coefficient (Wildman–Crippen LogP) is 5.98. The van der Waals surface area contributed by atoms with Crippen LogP contribution in [0.1, 0.15) is 36.1 Å². The summed E-state index contributed by atoms with van der Waals surface area (Å²) in [5.41, 5.74) is 4.86. The first-order valence-electron chi connectivity index (χ1n) is 7.98. The maximum Gasteiger partial charge on any atom is 0.0158 e. The molecule has 0 saturated heterocycles. The fourth-order valence-corrected chi connectivity index (χ4v) is 2.88. The van der Waals surface area contributed by atoms with Crippen LogP contribution in [0.5, 0.6) is 0 Å². The van der Waals surface area contributed by atoms with Crippen LogP contribution in [0.4, 0.5) is 0 Å². The molecular weight excluding hydrogens is 276 g/mol.